The van der Waals surface area contributed by atoms with Crippen LogP contribution >= 0.6 is 0 Å². The highest BCUT2D eigenvalue weighted by Gasteiger charge is 2.36. The van der Waals surface area contributed by atoms with E-state index in [0.717, 1.165) is 32.5 Å². The SMILES string of the molecule is CCOCCC1(CNC(=O)NCCCC(=O)O)CCC1. The minimum absolute atomic E-state index is 0.0819. The lowest BCUT2D eigenvalue weighted by Gasteiger charge is -2.42. The molecule has 3 N–H and O–H groups in total. The Morgan fingerprint density at radius 1 is 1.30 bits per heavy atom. The minimum atomic E-state index is -0.837. The van der Waals surface area contributed by atoms with Crippen LogP contribution < -0.4 is 10.6 Å². The Bertz CT molecular complexity index is 316. The van der Waals surface area contributed by atoms with Crippen molar-refractivity contribution in [2.75, 3.05) is 26.3 Å². The fourth-order valence-electron chi connectivity index (χ4n) is 2.40. The molecule has 116 valence electrons. The van der Waals surface area contributed by atoms with Gasteiger partial charge in [0.2, 0.25) is 0 Å². The second-order valence-electron chi connectivity index (χ2n) is 5.41. The van der Waals surface area contributed by atoms with Crippen molar-refractivity contribution in [1.29, 1.82) is 0 Å². The number of ether oxygens (including phenoxy) is 1. The molecule has 6 nitrogen and oxygen atoms in total. The topological polar surface area (TPSA) is 87.7 Å². The highest BCUT2D eigenvalue weighted by atomic mass is 16.5. The zero-order chi connectivity index (χ0) is 14.8. The van der Waals surface area contributed by atoms with Crippen LogP contribution in [0.15, 0.2) is 0 Å². The van der Waals surface area contributed by atoms with Gasteiger partial charge in [0.25, 0.3) is 0 Å². The molecule has 1 fully saturated rings. The molecule has 0 atom stereocenters. The minimum Gasteiger partial charge on any atom is -0.481 e. The second-order valence-corrected chi connectivity index (χ2v) is 5.41. The van der Waals surface area contributed by atoms with Gasteiger partial charge in [-0.2, -0.15) is 0 Å². The number of rotatable bonds is 10. The first-order valence-corrected chi connectivity index (χ1v) is 7.39. The predicted octanol–water partition coefficient (Wildman–Crippen LogP) is 1.75. The van der Waals surface area contributed by atoms with E-state index in [1.165, 1.54) is 6.42 Å². The Kier molecular flexibility index (Phi) is 7.36. The van der Waals surface area contributed by atoms with Crippen LogP contribution in [0.25, 0.3) is 0 Å². The van der Waals surface area contributed by atoms with E-state index in [1.807, 2.05) is 6.92 Å². The monoisotopic (exact) mass is 286 g/mol. The molecule has 1 aliphatic rings. The van der Waals surface area contributed by atoms with Crippen molar-refractivity contribution in [2.24, 2.45) is 5.41 Å². The van der Waals surface area contributed by atoms with Gasteiger partial charge in [-0.05, 0) is 38.0 Å². The molecule has 0 heterocycles. The molecular weight excluding hydrogens is 260 g/mol. The van der Waals surface area contributed by atoms with Gasteiger partial charge in [-0.15, -0.1) is 0 Å². The summed E-state index contributed by atoms with van der Waals surface area (Å²) in [6, 6.07) is -0.210. The molecule has 0 spiro atoms. The zero-order valence-electron chi connectivity index (χ0n) is 12.2. The number of carbonyl (C=O) groups excluding carboxylic acids is 1. The second kappa shape index (κ2) is 8.79. The van der Waals surface area contributed by atoms with Gasteiger partial charge in [-0.3, -0.25) is 4.79 Å². The predicted molar refractivity (Wildman–Crippen MR) is 75.7 cm³/mol. The summed E-state index contributed by atoms with van der Waals surface area (Å²) >= 11 is 0. The third-order valence-electron chi connectivity index (χ3n) is 3.87. The lowest BCUT2D eigenvalue weighted by atomic mass is 9.67. The Morgan fingerprint density at radius 2 is 2.05 bits per heavy atom. The molecule has 6 heteroatoms. The molecule has 0 radical (unpaired) electrons. The first-order chi connectivity index (χ1) is 9.58. The van der Waals surface area contributed by atoms with Gasteiger partial charge in [-0.1, -0.05) is 6.42 Å². The number of hydrogen-bond donors (Lipinski definition) is 3. The Morgan fingerprint density at radius 3 is 2.60 bits per heavy atom. The Hall–Kier alpha value is -1.30. The van der Waals surface area contributed by atoms with Crippen LogP contribution in [-0.2, 0) is 9.53 Å². The molecule has 0 aromatic heterocycles. The molecule has 0 aliphatic heterocycles. The van der Waals surface area contributed by atoms with E-state index in [-0.39, 0.29) is 17.9 Å². The van der Waals surface area contributed by atoms with Gasteiger partial charge in [0.1, 0.15) is 0 Å². The first kappa shape index (κ1) is 16.8. The average molecular weight is 286 g/mol. The fraction of sp³-hybridized carbons (Fsp3) is 0.857. The third kappa shape index (κ3) is 6.23. The van der Waals surface area contributed by atoms with Gasteiger partial charge >= 0.3 is 12.0 Å². The fourth-order valence-corrected chi connectivity index (χ4v) is 2.40. The zero-order valence-corrected chi connectivity index (χ0v) is 12.2. The van der Waals surface area contributed by atoms with Gasteiger partial charge in [0, 0.05) is 32.7 Å². The van der Waals surface area contributed by atoms with Crippen molar-refractivity contribution in [3.05, 3.63) is 0 Å². The van der Waals surface area contributed by atoms with Crippen LogP contribution in [-0.4, -0.2) is 43.4 Å². The highest BCUT2D eigenvalue weighted by Crippen LogP contribution is 2.43. The van der Waals surface area contributed by atoms with Crippen molar-refractivity contribution in [1.82, 2.24) is 10.6 Å². The standard InChI is InChI=1S/C14H26N2O4/c1-2-20-10-8-14(6-4-7-14)11-16-13(19)15-9-3-5-12(17)18/h2-11H2,1H3,(H,17,18)(H2,15,16,19). The first-order valence-electron chi connectivity index (χ1n) is 7.39. The maximum atomic E-state index is 11.6. The number of nitrogens with one attached hydrogen (secondary N) is 2. The van der Waals surface area contributed by atoms with Crippen LogP contribution in [0.1, 0.15) is 45.4 Å². The van der Waals surface area contributed by atoms with Gasteiger partial charge < -0.3 is 20.5 Å². The maximum absolute atomic E-state index is 11.6. The van der Waals surface area contributed by atoms with E-state index >= 15 is 0 Å². The number of carboxylic acids is 1. The summed E-state index contributed by atoms with van der Waals surface area (Å²) in [5.41, 5.74) is 0.202. The molecule has 1 aliphatic carbocycles. The van der Waals surface area contributed by atoms with E-state index in [1.54, 1.807) is 0 Å². The third-order valence-corrected chi connectivity index (χ3v) is 3.87. The summed E-state index contributed by atoms with van der Waals surface area (Å²) in [7, 11) is 0. The molecule has 0 unspecified atom stereocenters. The molecule has 1 saturated carbocycles. The molecule has 20 heavy (non-hydrogen) atoms. The number of carboxylic acid groups (broad SMARTS) is 1. The molecule has 0 saturated heterocycles. The van der Waals surface area contributed by atoms with Crippen LogP contribution in [0.5, 0.6) is 0 Å². The molecule has 1 rings (SSSR count). The van der Waals surface area contributed by atoms with Crippen molar-refractivity contribution >= 4 is 12.0 Å². The maximum Gasteiger partial charge on any atom is 0.314 e. The number of urea groups is 1. The Labute approximate surface area is 120 Å². The lowest BCUT2D eigenvalue weighted by Crippen LogP contribution is -2.46. The van der Waals surface area contributed by atoms with E-state index < -0.39 is 5.97 Å². The summed E-state index contributed by atoms with van der Waals surface area (Å²) in [5, 5.41) is 14.1. The Balaban J connectivity index is 2.13. The van der Waals surface area contributed by atoms with Crippen molar-refractivity contribution in [3.63, 3.8) is 0 Å². The van der Waals surface area contributed by atoms with Crippen molar-refractivity contribution in [3.8, 4) is 0 Å². The number of hydrogen-bond acceptors (Lipinski definition) is 3. The lowest BCUT2D eigenvalue weighted by molar-refractivity contribution is -0.137. The van der Waals surface area contributed by atoms with Crippen LogP contribution in [0, 0.1) is 5.41 Å². The summed E-state index contributed by atoms with van der Waals surface area (Å²) in [4.78, 5) is 21.9. The van der Waals surface area contributed by atoms with Crippen molar-refractivity contribution < 1.29 is 19.4 Å². The molecule has 0 aromatic carbocycles. The smallest absolute Gasteiger partial charge is 0.314 e. The van der Waals surface area contributed by atoms with E-state index in [9.17, 15) is 9.59 Å². The molecule has 0 aromatic rings. The summed E-state index contributed by atoms with van der Waals surface area (Å²) in [6.07, 6.45) is 5.02. The van der Waals surface area contributed by atoms with Crippen molar-refractivity contribution in [2.45, 2.75) is 45.4 Å². The van der Waals surface area contributed by atoms with E-state index in [0.29, 0.717) is 19.5 Å². The van der Waals surface area contributed by atoms with E-state index in [2.05, 4.69) is 10.6 Å². The summed E-state index contributed by atoms with van der Waals surface area (Å²) in [6.45, 7) is 4.52. The molecule has 0 bridgehead atoms. The largest absolute Gasteiger partial charge is 0.481 e. The van der Waals surface area contributed by atoms with Crippen LogP contribution in [0.4, 0.5) is 4.79 Å². The molecule has 2 amide bonds. The normalized spacial score (nSPS) is 16.2. The average Bonchev–Trinajstić information content (AvgIpc) is 2.36. The molecular formula is C14H26N2O4. The summed E-state index contributed by atoms with van der Waals surface area (Å²) in [5.74, 6) is -0.837. The number of amides is 2. The van der Waals surface area contributed by atoms with Crippen LogP contribution in [0.2, 0.25) is 0 Å². The van der Waals surface area contributed by atoms with Gasteiger partial charge in [-0.25, -0.2) is 4.79 Å². The van der Waals surface area contributed by atoms with E-state index in [4.69, 9.17) is 9.84 Å². The summed E-state index contributed by atoms with van der Waals surface area (Å²) < 4.78 is 5.39. The van der Waals surface area contributed by atoms with Gasteiger partial charge in [0.05, 0.1) is 0 Å². The number of aliphatic carboxylic acids is 1. The quantitative estimate of drug-likeness (QED) is 0.534. The number of carbonyl (C=O) groups is 2. The van der Waals surface area contributed by atoms with Gasteiger partial charge in [0.15, 0.2) is 0 Å². The van der Waals surface area contributed by atoms with Crippen LogP contribution in [0.3, 0.4) is 0 Å². The highest BCUT2D eigenvalue weighted by molar-refractivity contribution is 5.74.